The Morgan fingerprint density at radius 2 is 2.00 bits per heavy atom. The Bertz CT molecular complexity index is 905. The zero-order chi connectivity index (χ0) is 15.0. The number of nitrogens with zero attached hydrogens (tertiary/aromatic N) is 2. The van der Waals surface area contributed by atoms with Gasteiger partial charge in [0, 0.05) is 10.2 Å². The van der Waals surface area contributed by atoms with Gasteiger partial charge >= 0.3 is 0 Å². The van der Waals surface area contributed by atoms with E-state index in [-0.39, 0.29) is 4.90 Å². The summed E-state index contributed by atoms with van der Waals surface area (Å²) in [6.07, 6.45) is 0. The third-order valence-electron chi connectivity index (χ3n) is 2.79. The first kappa shape index (κ1) is 14.2. The summed E-state index contributed by atoms with van der Waals surface area (Å²) >= 11 is 4.24. The Morgan fingerprint density at radius 1 is 1.19 bits per heavy atom. The van der Waals surface area contributed by atoms with Crippen LogP contribution in [0.5, 0.6) is 0 Å². The van der Waals surface area contributed by atoms with Gasteiger partial charge in [-0.15, -0.1) is 0 Å². The van der Waals surface area contributed by atoms with Gasteiger partial charge in [0.1, 0.15) is 16.3 Å². The minimum absolute atomic E-state index is 0.0928. The summed E-state index contributed by atoms with van der Waals surface area (Å²) in [5.41, 5.74) is 7.50. The van der Waals surface area contributed by atoms with Crippen molar-refractivity contribution in [3.8, 4) is 0 Å². The molecule has 0 aliphatic carbocycles. The fourth-order valence-electron chi connectivity index (χ4n) is 1.82. The van der Waals surface area contributed by atoms with Gasteiger partial charge in [-0.25, -0.2) is 8.42 Å². The second-order valence-electron chi connectivity index (χ2n) is 4.23. The van der Waals surface area contributed by atoms with Gasteiger partial charge in [0.25, 0.3) is 10.0 Å². The van der Waals surface area contributed by atoms with Crippen molar-refractivity contribution in [2.24, 2.45) is 8.73 Å². The van der Waals surface area contributed by atoms with Crippen LogP contribution in [0.25, 0.3) is 0 Å². The fraction of sp³-hybridized carbons (Fsp3) is 0. The van der Waals surface area contributed by atoms with Crippen molar-refractivity contribution in [1.29, 1.82) is 0 Å². The van der Waals surface area contributed by atoms with E-state index in [2.05, 4.69) is 29.4 Å². The quantitative estimate of drug-likeness (QED) is 0.675. The molecule has 1 heterocycles. The summed E-state index contributed by atoms with van der Waals surface area (Å²) in [6.45, 7) is 0. The van der Waals surface area contributed by atoms with E-state index in [0.717, 1.165) is 11.4 Å². The van der Waals surface area contributed by atoms with Crippen LogP contribution in [-0.4, -0.2) is 8.42 Å². The Morgan fingerprint density at radius 3 is 2.76 bits per heavy atom. The highest BCUT2D eigenvalue weighted by Crippen LogP contribution is 2.38. The van der Waals surface area contributed by atoms with Gasteiger partial charge in [0.15, 0.2) is 0 Å². The minimum atomic E-state index is -3.76. The van der Waals surface area contributed by atoms with E-state index >= 15 is 0 Å². The molecule has 0 atom stereocenters. The topological polar surface area (TPSA) is 96.9 Å². The van der Waals surface area contributed by atoms with E-state index < -0.39 is 10.0 Å². The van der Waals surface area contributed by atoms with E-state index in [0.29, 0.717) is 27.2 Å². The van der Waals surface area contributed by atoms with E-state index in [1.165, 1.54) is 6.07 Å². The molecule has 2 aromatic carbocycles. The van der Waals surface area contributed by atoms with Crippen LogP contribution in [0.2, 0.25) is 0 Å². The molecule has 0 aromatic heterocycles. The number of nitrogen functional groups attached to an aromatic ring is 1. The lowest BCUT2D eigenvalue weighted by Crippen LogP contribution is -2.13. The van der Waals surface area contributed by atoms with Crippen LogP contribution in [0.4, 0.5) is 22.7 Å². The van der Waals surface area contributed by atoms with E-state index in [4.69, 9.17) is 5.73 Å². The van der Waals surface area contributed by atoms with Crippen LogP contribution < -0.4 is 10.5 Å². The molecular weight excluding hydrogens is 376 g/mol. The van der Waals surface area contributed by atoms with Crippen molar-refractivity contribution in [3.63, 3.8) is 0 Å². The predicted octanol–water partition coefficient (Wildman–Crippen LogP) is 3.56. The van der Waals surface area contributed by atoms with Gasteiger partial charge in [0.05, 0.1) is 17.0 Å². The average molecular weight is 385 g/mol. The van der Waals surface area contributed by atoms with Crippen LogP contribution in [0.3, 0.4) is 0 Å². The van der Waals surface area contributed by atoms with E-state index in [1.54, 1.807) is 30.3 Å². The van der Waals surface area contributed by atoms with Gasteiger partial charge in [-0.1, -0.05) is 6.07 Å². The van der Waals surface area contributed by atoms with Crippen molar-refractivity contribution in [3.05, 3.63) is 40.9 Å². The number of fused-ring (bicyclic) bond motifs is 1. The number of anilines is 2. The Kier molecular flexibility index (Phi) is 3.56. The molecule has 6 nitrogen and oxygen atoms in total. The van der Waals surface area contributed by atoms with Crippen molar-refractivity contribution in [2.75, 3.05) is 10.5 Å². The Labute approximate surface area is 133 Å². The molecule has 1 aliphatic rings. The van der Waals surface area contributed by atoms with Crippen molar-refractivity contribution in [1.82, 2.24) is 0 Å². The average Bonchev–Trinajstić information content (AvgIpc) is 2.90. The first-order valence-electron chi connectivity index (χ1n) is 5.76. The van der Waals surface area contributed by atoms with Gasteiger partial charge in [-0.2, -0.15) is 8.73 Å². The molecule has 0 bridgehead atoms. The highest BCUT2D eigenvalue weighted by atomic mass is 79.9. The zero-order valence-corrected chi connectivity index (χ0v) is 13.7. The maximum absolute atomic E-state index is 12.5. The molecule has 0 saturated carbocycles. The summed E-state index contributed by atoms with van der Waals surface area (Å²) in [5, 5.41) is 0. The molecule has 3 rings (SSSR count). The molecule has 0 saturated heterocycles. The third-order valence-corrected chi connectivity index (χ3v) is 5.46. The largest absolute Gasteiger partial charge is 0.398 e. The number of sulfonamides is 1. The van der Waals surface area contributed by atoms with E-state index in [1.807, 2.05) is 0 Å². The lowest BCUT2D eigenvalue weighted by Gasteiger charge is -2.10. The molecule has 0 spiro atoms. The van der Waals surface area contributed by atoms with Crippen LogP contribution in [0.1, 0.15) is 0 Å². The smallest absolute Gasteiger partial charge is 0.264 e. The molecule has 9 heteroatoms. The molecule has 0 unspecified atom stereocenters. The fourth-order valence-corrected chi connectivity index (χ4v) is 3.88. The molecule has 2 aromatic rings. The van der Waals surface area contributed by atoms with Crippen molar-refractivity contribution in [2.45, 2.75) is 4.90 Å². The molecule has 108 valence electrons. The summed E-state index contributed by atoms with van der Waals surface area (Å²) in [5.74, 6) is 0. The third kappa shape index (κ3) is 2.71. The number of nitrogens with one attached hydrogen (secondary N) is 1. The summed E-state index contributed by atoms with van der Waals surface area (Å²) in [6, 6.07) is 9.69. The van der Waals surface area contributed by atoms with Crippen LogP contribution in [-0.2, 0) is 21.4 Å². The SMILES string of the molecule is Nc1cc(NS(=O)(=O)c2cccc3c2N=S=N3)ccc1Br. The zero-order valence-electron chi connectivity index (χ0n) is 10.4. The van der Waals surface area contributed by atoms with Crippen molar-refractivity contribution < 1.29 is 8.42 Å². The standard InChI is InChI=1S/C12H9BrN4O2S2/c13-8-5-4-7(6-9(8)14)17-21(18,19)11-3-1-2-10-12(11)16-20-15-10/h1-6,17H,14H2. The number of halogens is 1. The maximum atomic E-state index is 12.5. The second-order valence-corrected chi connectivity index (χ2v) is 7.26. The van der Waals surface area contributed by atoms with Crippen LogP contribution in [0, 0.1) is 0 Å². The normalized spacial score (nSPS) is 12.8. The molecule has 1 aliphatic heterocycles. The molecule has 3 N–H and O–H groups in total. The highest BCUT2D eigenvalue weighted by molar-refractivity contribution is 9.10. The second kappa shape index (κ2) is 5.24. The lowest BCUT2D eigenvalue weighted by molar-refractivity contribution is 0.601. The molecule has 21 heavy (non-hydrogen) atoms. The molecular formula is C12H9BrN4O2S2. The van der Waals surface area contributed by atoms with Gasteiger partial charge in [-0.05, 0) is 46.3 Å². The van der Waals surface area contributed by atoms with Crippen LogP contribution in [0.15, 0.2) is 54.5 Å². The first-order valence-corrected chi connectivity index (χ1v) is 8.77. The van der Waals surface area contributed by atoms with Gasteiger partial charge in [0.2, 0.25) is 0 Å². The number of rotatable bonds is 3. The predicted molar refractivity (Wildman–Crippen MR) is 87.3 cm³/mol. The Hall–Kier alpha value is -1.71. The number of benzene rings is 2. The summed E-state index contributed by atoms with van der Waals surface area (Å²) in [4.78, 5) is 0.0928. The minimum Gasteiger partial charge on any atom is -0.398 e. The number of hydrogen-bond donors (Lipinski definition) is 2. The number of hydrogen-bond acceptors (Lipinski definition) is 5. The molecule has 0 radical (unpaired) electrons. The Balaban J connectivity index is 2.00. The first-order chi connectivity index (χ1) is 9.97. The van der Waals surface area contributed by atoms with E-state index in [9.17, 15) is 8.42 Å². The van der Waals surface area contributed by atoms with Gasteiger partial charge < -0.3 is 5.73 Å². The van der Waals surface area contributed by atoms with Crippen molar-refractivity contribution >= 4 is 60.1 Å². The van der Waals surface area contributed by atoms with Crippen LogP contribution >= 0.6 is 15.9 Å². The lowest BCUT2D eigenvalue weighted by atomic mass is 10.3. The number of nitrogens with two attached hydrogens (primary N) is 1. The molecule has 0 amide bonds. The highest BCUT2D eigenvalue weighted by Gasteiger charge is 2.22. The maximum Gasteiger partial charge on any atom is 0.264 e. The molecule has 0 fully saturated rings. The summed E-state index contributed by atoms with van der Waals surface area (Å²) in [7, 11) is -3.76. The van der Waals surface area contributed by atoms with Gasteiger partial charge in [-0.3, -0.25) is 4.72 Å². The monoisotopic (exact) mass is 384 g/mol. The summed E-state index contributed by atoms with van der Waals surface area (Å²) < 4.78 is 36.2.